The second-order valence-corrected chi connectivity index (χ2v) is 19.2. The van der Waals surface area contributed by atoms with Crippen LogP contribution >= 0.6 is 7.82 Å². The maximum atomic E-state index is 12.6. The standard InChI is InChI=1S/C54H94NO8P/c1-6-8-10-12-14-16-18-20-22-23-24-25-26-27-28-29-30-31-33-34-36-38-40-42-44-46-53(56)60-50-52(51-62-64(58,59)61-49-48-55(3,4)5)63-54(57)47-45-43-41-39-37-35-32-21-19-17-15-13-11-9-7-2/h9,11,15,17-18,20-21,23-24,32,37,39,43,45,52H,6-8,10,12-14,16,19,22,25-31,33-36,38,40-42,44,46-51H2,1-5H3/b11-9-,17-15-,20-18-,24-23-,32-21-,39-37-,45-43-. The van der Waals surface area contributed by atoms with Crippen LogP contribution in [0.2, 0.25) is 0 Å². The van der Waals surface area contributed by atoms with Gasteiger partial charge in [0.2, 0.25) is 0 Å². The molecule has 0 saturated carbocycles. The summed E-state index contributed by atoms with van der Waals surface area (Å²) in [7, 11) is 1.10. The Morgan fingerprint density at radius 3 is 1.41 bits per heavy atom. The molecule has 0 aliphatic rings. The Bertz CT molecular complexity index is 1360. The van der Waals surface area contributed by atoms with Gasteiger partial charge in [-0.05, 0) is 70.6 Å². The molecule has 0 rings (SSSR count). The van der Waals surface area contributed by atoms with Crippen molar-refractivity contribution in [2.75, 3.05) is 47.5 Å². The first-order valence-electron chi connectivity index (χ1n) is 25.3. The van der Waals surface area contributed by atoms with Crippen LogP contribution in [-0.4, -0.2) is 70.0 Å². The fraction of sp³-hybridized carbons (Fsp3) is 0.704. The second kappa shape index (κ2) is 45.4. The van der Waals surface area contributed by atoms with Crippen LogP contribution in [0.4, 0.5) is 0 Å². The van der Waals surface area contributed by atoms with E-state index in [1.54, 1.807) is 6.08 Å². The van der Waals surface area contributed by atoms with Crippen molar-refractivity contribution in [3.8, 4) is 0 Å². The number of allylic oxidation sites excluding steroid dienone is 13. The highest BCUT2D eigenvalue weighted by atomic mass is 31.2. The Labute approximate surface area is 392 Å². The van der Waals surface area contributed by atoms with Crippen LogP contribution in [0.25, 0.3) is 0 Å². The highest BCUT2D eigenvalue weighted by molar-refractivity contribution is 7.45. The first kappa shape index (κ1) is 61.2. The van der Waals surface area contributed by atoms with Gasteiger partial charge in [0.15, 0.2) is 6.10 Å². The number of likely N-dealkylation sites (N-methyl/N-ethyl adjacent to an activating group) is 1. The molecule has 0 aliphatic carbocycles. The summed E-state index contributed by atoms with van der Waals surface area (Å²) in [5.74, 6) is -0.986. The van der Waals surface area contributed by atoms with Gasteiger partial charge in [0, 0.05) is 6.42 Å². The molecule has 0 fully saturated rings. The van der Waals surface area contributed by atoms with Gasteiger partial charge in [0.1, 0.15) is 19.8 Å². The summed E-state index contributed by atoms with van der Waals surface area (Å²) in [5.41, 5.74) is 0. The number of ether oxygens (including phenoxy) is 2. The molecular formula is C54H94NO8P. The molecule has 10 heteroatoms. The Balaban J connectivity index is 4.28. The highest BCUT2D eigenvalue weighted by Crippen LogP contribution is 2.38. The largest absolute Gasteiger partial charge is 0.756 e. The molecule has 0 heterocycles. The van der Waals surface area contributed by atoms with Crippen LogP contribution in [0.15, 0.2) is 85.1 Å². The zero-order valence-corrected chi connectivity index (χ0v) is 42.3. The lowest BCUT2D eigenvalue weighted by Crippen LogP contribution is -2.37. The average molecular weight is 916 g/mol. The molecule has 0 aromatic rings. The molecule has 64 heavy (non-hydrogen) atoms. The number of hydrogen-bond acceptors (Lipinski definition) is 8. The zero-order valence-electron chi connectivity index (χ0n) is 41.4. The van der Waals surface area contributed by atoms with Gasteiger partial charge in [-0.15, -0.1) is 0 Å². The van der Waals surface area contributed by atoms with E-state index in [0.717, 1.165) is 51.4 Å². The van der Waals surface area contributed by atoms with Gasteiger partial charge < -0.3 is 27.9 Å². The summed E-state index contributed by atoms with van der Waals surface area (Å²) in [4.78, 5) is 37.6. The summed E-state index contributed by atoms with van der Waals surface area (Å²) in [6, 6.07) is 0. The highest BCUT2D eigenvalue weighted by Gasteiger charge is 2.21. The number of quaternary nitrogens is 1. The number of phosphoric ester groups is 1. The molecule has 2 atom stereocenters. The van der Waals surface area contributed by atoms with Crippen LogP contribution in [0, 0.1) is 0 Å². The summed E-state index contributed by atoms with van der Waals surface area (Å²) < 4.78 is 33.8. The van der Waals surface area contributed by atoms with Crippen LogP contribution < -0.4 is 4.89 Å². The van der Waals surface area contributed by atoms with E-state index in [1.165, 1.54) is 103 Å². The minimum Gasteiger partial charge on any atom is -0.756 e. The van der Waals surface area contributed by atoms with Crippen molar-refractivity contribution < 1.29 is 42.1 Å². The first-order chi connectivity index (χ1) is 31.0. The molecule has 0 radical (unpaired) electrons. The SMILES string of the molecule is CC/C=C\C/C=C\C/C=C\C/C=C\C/C=C\CC(=O)OC(COC(=O)CCCCCCCCCCCCCCC/C=C\C/C=C\CCCCCCC)COP(=O)([O-])OCC[N+](C)(C)C. The van der Waals surface area contributed by atoms with Crippen LogP contribution in [0.5, 0.6) is 0 Å². The molecule has 368 valence electrons. The third kappa shape index (κ3) is 48.6. The molecule has 0 bridgehead atoms. The summed E-state index contributed by atoms with van der Waals surface area (Å²) in [6.07, 6.45) is 59.4. The average Bonchev–Trinajstić information content (AvgIpc) is 3.25. The Morgan fingerprint density at radius 2 is 0.938 bits per heavy atom. The third-order valence-electron chi connectivity index (χ3n) is 10.4. The minimum absolute atomic E-state index is 0.0106. The molecule has 0 aliphatic heterocycles. The molecule has 0 aromatic carbocycles. The zero-order chi connectivity index (χ0) is 47.1. The molecule has 0 amide bonds. The lowest BCUT2D eigenvalue weighted by molar-refractivity contribution is -0.870. The van der Waals surface area contributed by atoms with Crippen LogP contribution in [0.1, 0.15) is 194 Å². The first-order valence-corrected chi connectivity index (χ1v) is 26.8. The topological polar surface area (TPSA) is 111 Å². The molecule has 0 saturated heterocycles. The fourth-order valence-corrected chi connectivity index (χ4v) is 7.25. The number of phosphoric acid groups is 1. The Morgan fingerprint density at radius 1 is 0.516 bits per heavy atom. The van der Waals surface area contributed by atoms with Crippen LogP contribution in [-0.2, 0) is 32.7 Å². The van der Waals surface area contributed by atoms with E-state index >= 15 is 0 Å². The number of esters is 2. The van der Waals surface area contributed by atoms with E-state index in [1.807, 2.05) is 33.3 Å². The molecule has 2 unspecified atom stereocenters. The molecular weight excluding hydrogens is 822 g/mol. The predicted molar refractivity (Wildman–Crippen MR) is 268 cm³/mol. The van der Waals surface area contributed by atoms with Gasteiger partial charge in [0.25, 0.3) is 7.82 Å². The van der Waals surface area contributed by atoms with Gasteiger partial charge in [-0.3, -0.25) is 14.2 Å². The van der Waals surface area contributed by atoms with Crippen molar-refractivity contribution in [1.29, 1.82) is 0 Å². The molecule has 0 N–H and O–H groups in total. The van der Waals surface area contributed by atoms with Crippen molar-refractivity contribution in [1.82, 2.24) is 0 Å². The lowest BCUT2D eigenvalue weighted by Gasteiger charge is -2.28. The smallest absolute Gasteiger partial charge is 0.310 e. The van der Waals surface area contributed by atoms with Crippen molar-refractivity contribution >= 4 is 19.8 Å². The summed E-state index contributed by atoms with van der Waals surface area (Å²) >= 11 is 0. The van der Waals surface area contributed by atoms with Gasteiger partial charge in [0.05, 0.1) is 34.2 Å². The number of unbranched alkanes of at least 4 members (excludes halogenated alkanes) is 18. The monoisotopic (exact) mass is 916 g/mol. The lowest BCUT2D eigenvalue weighted by atomic mass is 10.0. The van der Waals surface area contributed by atoms with E-state index in [2.05, 4.69) is 80.7 Å². The number of rotatable bonds is 45. The fourth-order valence-electron chi connectivity index (χ4n) is 6.53. The second-order valence-electron chi connectivity index (χ2n) is 17.8. The summed E-state index contributed by atoms with van der Waals surface area (Å²) in [6.45, 7) is 3.99. The van der Waals surface area contributed by atoms with Gasteiger partial charge in [-0.1, -0.05) is 195 Å². The third-order valence-corrected chi connectivity index (χ3v) is 11.4. The van der Waals surface area contributed by atoms with E-state index < -0.39 is 32.5 Å². The quantitative estimate of drug-likeness (QED) is 0.0195. The number of carbonyl (C=O) groups is 2. The Kier molecular flexibility index (Phi) is 43.4. The van der Waals surface area contributed by atoms with Crippen molar-refractivity contribution in [3.05, 3.63) is 85.1 Å². The van der Waals surface area contributed by atoms with Crippen molar-refractivity contribution in [3.63, 3.8) is 0 Å². The van der Waals surface area contributed by atoms with E-state index in [4.69, 9.17) is 18.5 Å². The van der Waals surface area contributed by atoms with Crippen LogP contribution in [0.3, 0.4) is 0 Å². The predicted octanol–water partition coefficient (Wildman–Crippen LogP) is 14.5. The number of hydrogen-bond donors (Lipinski definition) is 0. The van der Waals surface area contributed by atoms with Gasteiger partial charge in [-0.25, -0.2) is 0 Å². The maximum Gasteiger partial charge on any atom is 0.310 e. The molecule has 9 nitrogen and oxygen atoms in total. The van der Waals surface area contributed by atoms with E-state index in [-0.39, 0.29) is 26.1 Å². The maximum absolute atomic E-state index is 12.6. The van der Waals surface area contributed by atoms with Gasteiger partial charge >= 0.3 is 11.9 Å². The molecule has 0 aromatic heterocycles. The van der Waals surface area contributed by atoms with E-state index in [9.17, 15) is 19.0 Å². The summed E-state index contributed by atoms with van der Waals surface area (Å²) in [5, 5.41) is 0. The Hall–Kier alpha value is -2.81. The normalized spacial score (nSPS) is 14.2. The van der Waals surface area contributed by atoms with Crippen molar-refractivity contribution in [2.45, 2.75) is 200 Å². The minimum atomic E-state index is -4.66. The number of nitrogens with zero attached hydrogens (tertiary/aromatic N) is 1. The number of carbonyl (C=O) groups excluding carboxylic acids is 2. The van der Waals surface area contributed by atoms with Gasteiger partial charge in [-0.2, -0.15) is 0 Å². The van der Waals surface area contributed by atoms with Crippen molar-refractivity contribution in [2.24, 2.45) is 0 Å². The van der Waals surface area contributed by atoms with E-state index in [0.29, 0.717) is 23.9 Å². The molecule has 0 spiro atoms.